The number of halogens is 3. The summed E-state index contributed by atoms with van der Waals surface area (Å²) in [6.07, 6.45) is -2.90. The van der Waals surface area contributed by atoms with Crippen LogP contribution in [-0.2, 0) is 13.1 Å². The van der Waals surface area contributed by atoms with Gasteiger partial charge in [-0.2, -0.15) is 24.5 Å². The molecule has 2 rings (SSSR count). The van der Waals surface area contributed by atoms with Gasteiger partial charge >= 0.3 is 6.18 Å². The molecule has 2 N–H and O–H groups in total. The second-order valence-corrected chi connectivity index (χ2v) is 5.87. The summed E-state index contributed by atoms with van der Waals surface area (Å²) in [5.41, 5.74) is 1.94. The maximum Gasteiger partial charge on any atom is 0.422 e. The fourth-order valence-electron chi connectivity index (χ4n) is 1.84. The number of ether oxygens (including phenoxy) is 1. The number of hydrogen-bond donors (Lipinski definition) is 2. The van der Waals surface area contributed by atoms with Crippen LogP contribution in [0.2, 0.25) is 0 Å². The Balaban J connectivity index is 1.86. The maximum atomic E-state index is 12.1. The molecular weight excluding hydrogens is 353 g/mol. The Kier molecular flexibility index (Phi) is 7.05. The minimum Gasteiger partial charge on any atom is -0.468 e. The van der Waals surface area contributed by atoms with Gasteiger partial charge in [0.1, 0.15) is 0 Å². The molecule has 0 spiro atoms. The Bertz CT molecular complexity index is 657. The van der Waals surface area contributed by atoms with Crippen molar-refractivity contribution in [1.29, 1.82) is 0 Å². The molecule has 0 bridgehead atoms. The molecular formula is C16H19F3N4OS. The summed E-state index contributed by atoms with van der Waals surface area (Å²) in [7, 11) is 0. The zero-order valence-electron chi connectivity index (χ0n) is 13.6. The van der Waals surface area contributed by atoms with Crippen molar-refractivity contribution < 1.29 is 17.9 Å². The first-order valence-corrected chi connectivity index (χ1v) is 8.58. The van der Waals surface area contributed by atoms with Crippen LogP contribution in [0, 0.1) is 0 Å². The summed E-state index contributed by atoms with van der Waals surface area (Å²) in [6, 6.07) is 5.09. The topological polar surface area (TPSA) is 58.5 Å². The van der Waals surface area contributed by atoms with Gasteiger partial charge < -0.3 is 15.4 Å². The lowest BCUT2D eigenvalue weighted by Crippen LogP contribution is -2.36. The Morgan fingerprint density at radius 1 is 1.24 bits per heavy atom. The van der Waals surface area contributed by atoms with Gasteiger partial charge in [0.05, 0.1) is 6.54 Å². The summed E-state index contributed by atoms with van der Waals surface area (Å²) in [5, 5.41) is 10.3. The number of aromatic nitrogens is 1. The van der Waals surface area contributed by atoms with E-state index in [4.69, 9.17) is 0 Å². The summed E-state index contributed by atoms with van der Waals surface area (Å²) in [6.45, 7) is 2.36. The second-order valence-electron chi connectivity index (χ2n) is 5.09. The highest BCUT2D eigenvalue weighted by Gasteiger charge is 2.28. The molecule has 0 aliphatic rings. The van der Waals surface area contributed by atoms with Crippen molar-refractivity contribution in [2.24, 2.45) is 4.99 Å². The van der Waals surface area contributed by atoms with Crippen LogP contribution in [0.3, 0.4) is 0 Å². The molecule has 2 aromatic rings. The van der Waals surface area contributed by atoms with Crippen molar-refractivity contribution in [1.82, 2.24) is 15.6 Å². The largest absolute Gasteiger partial charge is 0.468 e. The first-order chi connectivity index (χ1) is 12.0. The minimum atomic E-state index is -4.37. The van der Waals surface area contributed by atoms with E-state index in [0.717, 1.165) is 17.7 Å². The molecule has 0 unspecified atom stereocenters. The monoisotopic (exact) mass is 372 g/mol. The lowest BCUT2D eigenvalue weighted by Gasteiger charge is -2.12. The molecule has 0 saturated carbocycles. The second kappa shape index (κ2) is 9.26. The van der Waals surface area contributed by atoms with E-state index in [0.29, 0.717) is 19.0 Å². The van der Waals surface area contributed by atoms with Crippen LogP contribution in [0.25, 0.3) is 0 Å². The van der Waals surface area contributed by atoms with Gasteiger partial charge in [0.15, 0.2) is 12.6 Å². The van der Waals surface area contributed by atoms with E-state index < -0.39 is 12.8 Å². The molecule has 0 fully saturated rings. The number of nitrogens with one attached hydrogen (secondary N) is 2. The highest BCUT2D eigenvalue weighted by atomic mass is 32.1. The highest BCUT2D eigenvalue weighted by molar-refractivity contribution is 7.07. The Morgan fingerprint density at radius 3 is 2.68 bits per heavy atom. The van der Waals surface area contributed by atoms with Gasteiger partial charge in [-0.1, -0.05) is 6.07 Å². The third-order valence-electron chi connectivity index (χ3n) is 2.99. The molecule has 0 amide bonds. The van der Waals surface area contributed by atoms with Crippen LogP contribution in [0.4, 0.5) is 13.2 Å². The van der Waals surface area contributed by atoms with Crippen molar-refractivity contribution in [3.63, 3.8) is 0 Å². The predicted molar refractivity (Wildman–Crippen MR) is 91.8 cm³/mol. The Hall–Kier alpha value is -2.29. The molecule has 0 aliphatic heterocycles. The van der Waals surface area contributed by atoms with Gasteiger partial charge in [0, 0.05) is 25.4 Å². The average Bonchev–Trinajstić information content (AvgIpc) is 3.09. The molecule has 0 saturated heterocycles. The molecule has 0 atom stereocenters. The zero-order chi connectivity index (χ0) is 18.1. The van der Waals surface area contributed by atoms with E-state index in [1.54, 1.807) is 17.4 Å². The number of thiophene rings is 1. The smallest absolute Gasteiger partial charge is 0.422 e. The van der Waals surface area contributed by atoms with Crippen molar-refractivity contribution in [3.8, 4) is 5.88 Å². The third-order valence-corrected chi connectivity index (χ3v) is 3.72. The Morgan fingerprint density at radius 2 is 2.08 bits per heavy atom. The fraction of sp³-hybridized carbons (Fsp3) is 0.375. The molecule has 2 heterocycles. The number of alkyl halides is 3. The van der Waals surface area contributed by atoms with Crippen LogP contribution < -0.4 is 15.4 Å². The summed E-state index contributed by atoms with van der Waals surface area (Å²) in [4.78, 5) is 8.35. The third kappa shape index (κ3) is 7.42. The van der Waals surface area contributed by atoms with Gasteiger partial charge in [0.25, 0.3) is 0 Å². The lowest BCUT2D eigenvalue weighted by molar-refractivity contribution is -0.154. The van der Waals surface area contributed by atoms with Crippen LogP contribution >= 0.6 is 11.3 Å². The van der Waals surface area contributed by atoms with E-state index in [1.807, 2.05) is 23.8 Å². The van der Waals surface area contributed by atoms with Gasteiger partial charge in [0.2, 0.25) is 5.88 Å². The van der Waals surface area contributed by atoms with Gasteiger partial charge in [-0.15, -0.1) is 0 Å². The molecule has 0 aliphatic carbocycles. The number of pyridine rings is 1. The Labute approximate surface area is 148 Å². The van der Waals surface area contributed by atoms with Crippen molar-refractivity contribution in [3.05, 3.63) is 46.3 Å². The summed E-state index contributed by atoms with van der Waals surface area (Å²) in [5.74, 6) is 0.602. The van der Waals surface area contributed by atoms with Crippen molar-refractivity contribution in [2.45, 2.75) is 26.2 Å². The SMILES string of the molecule is CCNC(=NCc1ccsc1)NCc1ccc(OCC(F)(F)F)nc1. The molecule has 5 nitrogen and oxygen atoms in total. The fourth-order valence-corrected chi connectivity index (χ4v) is 2.50. The number of aliphatic imine (C=N–C) groups is 1. The first-order valence-electron chi connectivity index (χ1n) is 7.64. The van der Waals surface area contributed by atoms with E-state index in [1.165, 1.54) is 12.3 Å². The number of hydrogen-bond acceptors (Lipinski definition) is 4. The van der Waals surface area contributed by atoms with Crippen molar-refractivity contribution >= 4 is 17.3 Å². The number of rotatable bonds is 7. The van der Waals surface area contributed by atoms with Gasteiger partial charge in [-0.25, -0.2) is 9.98 Å². The predicted octanol–water partition coefficient (Wildman–Crippen LogP) is 3.34. The lowest BCUT2D eigenvalue weighted by atomic mass is 10.3. The quantitative estimate of drug-likeness (QED) is 0.578. The van der Waals surface area contributed by atoms with Crippen LogP contribution in [0.1, 0.15) is 18.1 Å². The van der Waals surface area contributed by atoms with Crippen LogP contribution in [-0.4, -0.2) is 30.3 Å². The standard InChI is InChI=1S/C16H19F3N4OS/c1-2-20-15(23-9-13-5-6-25-10-13)22-8-12-3-4-14(21-7-12)24-11-16(17,18)19/h3-7,10H,2,8-9,11H2,1H3,(H2,20,22,23). The molecule has 2 aromatic heterocycles. The number of guanidine groups is 1. The number of nitrogens with zero attached hydrogens (tertiary/aromatic N) is 2. The maximum absolute atomic E-state index is 12.1. The van der Waals surface area contributed by atoms with Crippen LogP contribution in [0.15, 0.2) is 40.1 Å². The first kappa shape index (κ1) is 19.0. The van der Waals surface area contributed by atoms with Gasteiger partial charge in [-0.3, -0.25) is 0 Å². The minimum absolute atomic E-state index is 0.0564. The van der Waals surface area contributed by atoms with E-state index >= 15 is 0 Å². The van der Waals surface area contributed by atoms with E-state index in [9.17, 15) is 13.2 Å². The summed E-state index contributed by atoms with van der Waals surface area (Å²) >= 11 is 1.62. The van der Waals surface area contributed by atoms with Gasteiger partial charge in [-0.05, 0) is 34.9 Å². The molecule has 9 heteroatoms. The molecule has 136 valence electrons. The van der Waals surface area contributed by atoms with E-state index in [-0.39, 0.29) is 5.88 Å². The van der Waals surface area contributed by atoms with E-state index in [2.05, 4.69) is 25.3 Å². The molecule has 0 radical (unpaired) electrons. The normalized spacial score (nSPS) is 12.1. The molecule has 0 aromatic carbocycles. The zero-order valence-corrected chi connectivity index (χ0v) is 14.5. The van der Waals surface area contributed by atoms with Crippen LogP contribution in [0.5, 0.6) is 5.88 Å². The average molecular weight is 372 g/mol. The molecule has 25 heavy (non-hydrogen) atoms. The highest BCUT2D eigenvalue weighted by Crippen LogP contribution is 2.17. The summed E-state index contributed by atoms with van der Waals surface area (Å²) < 4.78 is 40.9. The van der Waals surface area contributed by atoms with Crippen molar-refractivity contribution in [2.75, 3.05) is 13.2 Å².